The molecule has 0 rings (SSSR count). The Labute approximate surface area is 95.5 Å². The van der Waals surface area contributed by atoms with Gasteiger partial charge in [0.1, 0.15) is 0 Å². The van der Waals surface area contributed by atoms with Gasteiger partial charge in [-0.05, 0) is 6.42 Å². The molecule has 0 saturated carbocycles. The number of hydrogen-bond donors (Lipinski definition) is 1. The molecule has 1 atom stereocenters. The predicted molar refractivity (Wildman–Crippen MR) is 39.8 cm³/mol. The molecule has 0 amide bonds. The van der Waals surface area contributed by atoms with E-state index in [1.807, 2.05) is 0 Å². The number of carboxylic acids is 1. The Morgan fingerprint density at radius 3 is 2.42 bits per heavy atom. The largest absolute Gasteiger partial charge is 1.00 e. The van der Waals surface area contributed by atoms with Gasteiger partial charge in [-0.1, -0.05) is 32.6 Å². The molecule has 0 aliphatic rings. The average molecular weight is 182 g/mol. The summed E-state index contributed by atoms with van der Waals surface area (Å²) < 4.78 is 0. The third-order valence-corrected chi connectivity index (χ3v) is 1.60. The monoisotopic (exact) mass is 182 g/mol. The Bertz CT molecular complexity index is 117. The second-order valence-corrected chi connectivity index (χ2v) is 2.68. The summed E-state index contributed by atoms with van der Waals surface area (Å²) in [6.45, 7) is 2.08. The van der Waals surface area contributed by atoms with Crippen LogP contribution in [0.2, 0.25) is 0 Å². The van der Waals surface area contributed by atoms with Gasteiger partial charge < -0.3 is 15.0 Å². The van der Waals surface area contributed by atoms with E-state index in [-0.39, 0.29) is 29.6 Å². The van der Waals surface area contributed by atoms with Gasteiger partial charge in [-0.3, -0.25) is 0 Å². The molecule has 0 bridgehead atoms. The van der Waals surface area contributed by atoms with Gasteiger partial charge in [-0.15, -0.1) is 0 Å². The maximum absolute atomic E-state index is 10.0. The summed E-state index contributed by atoms with van der Waals surface area (Å²) in [7, 11) is 0. The molecule has 12 heavy (non-hydrogen) atoms. The fourth-order valence-electron chi connectivity index (χ4n) is 0.882. The van der Waals surface area contributed by atoms with Crippen LogP contribution in [0.5, 0.6) is 0 Å². The van der Waals surface area contributed by atoms with E-state index < -0.39 is 12.1 Å². The van der Waals surface area contributed by atoms with Crippen molar-refractivity contribution >= 4 is 5.97 Å². The minimum Gasteiger partial charge on any atom is -0.547 e. The SMILES string of the molecule is CCCCCC[C@@H](O)C(=O)[O-].[Na+]. The van der Waals surface area contributed by atoms with Gasteiger partial charge in [0.2, 0.25) is 0 Å². The van der Waals surface area contributed by atoms with Crippen LogP contribution in [0, 0.1) is 0 Å². The van der Waals surface area contributed by atoms with Crippen molar-refractivity contribution in [2.75, 3.05) is 0 Å². The van der Waals surface area contributed by atoms with Crippen molar-refractivity contribution in [3.8, 4) is 0 Å². The molecule has 0 unspecified atom stereocenters. The van der Waals surface area contributed by atoms with Crippen molar-refractivity contribution in [1.82, 2.24) is 0 Å². The molecule has 0 aromatic carbocycles. The first kappa shape index (κ1) is 14.9. The van der Waals surface area contributed by atoms with Crippen molar-refractivity contribution in [2.45, 2.75) is 45.1 Å². The second-order valence-electron chi connectivity index (χ2n) is 2.68. The van der Waals surface area contributed by atoms with Crippen molar-refractivity contribution in [2.24, 2.45) is 0 Å². The van der Waals surface area contributed by atoms with Gasteiger partial charge in [0.25, 0.3) is 0 Å². The number of aliphatic hydroxyl groups is 1. The summed E-state index contributed by atoms with van der Waals surface area (Å²) in [5, 5.41) is 18.8. The minimum atomic E-state index is -1.36. The second kappa shape index (κ2) is 9.52. The van der Waals surface area contributed by atoms with E-state index in [0.29, 0.717) is 6.42 Å². The minimum absolute atomic E-state index is 0. The molecule has 0 aromatic rings. The quantitative estimate of drug-likeness (QED) is 0.353. The van der Waals surface area contributed by atoms with Crippen LogP contribution in [-0.4, -0.2) is 17.2 Å². The van der Waals surface area contributed by atoms with E-state index in [2.05, 4.69) is 6.92 Å². The Hall–Kier alpha value is 0.430. The fourth-order valence-corrected chi connectivity index (χ4v) is 0.882. The number of carbonyl (C=O) groups excluding carboxylic acids is 1. The molecule has 4 heteroatoms. The molecule has 0 radical (unpaired) electrons. The number of aliphatic carboxylic acids is 1. The maximum atomic E-state index is 10.0. The summed E-state index contributed by atoms with van der Waals surface area (Å²) in [6.07, 6.45) is 3.01. The first-order valence-electron chi connectivity index (χ1n) is 4.07. The summed E-state index contributed by atoms with van der Waals surface area (Å²) in [4.78, 5) is 10.0. The van der Waals surface area contributed by atoms with Crippen LogP contribution in [0.25, 0.3) is 0 Å². The summed E-state index contributed by atoms with van der Waals surface area (Å²) in [5.41, 5.74) is 0. The van der Waals surface area contributed by atoms with Gasteiger partial charge in [0.15, 0.2) is 0 Å². The average Bonchev–Trinajstić information content (AvgIpc) is 1.97. The molecule has 0 aliphatic carbocycles. The van der Waals surface area contributed by atoms with E-state index in [1.54, 1.807) is 0 Å². The van der Waals surface area contributed by atoms with E-state index in [4.69, 9.17) is 5.11 Å². The fraction of sp³-hybridized carbons (Fsp3) is 0.875. The van der Waals surface area contributed by atoms with Gasteiger partial charge in [0, 0.05) is 0 Å². The molecule has 0 aliphatic heterocycles. The third-order valence-electron chi connectivity index (χ3n) is 1.60. The zero-order valence-corrected chi connectivity index (χ0v) is 9.88. The number of aliphatic hydroxyl groups excluding tert-OH is 1. The predicted octanol–water partition coefficient (Wildman–Crippen LogP) is -2.93. The van der Waals surface area contributed by atoms with Crippen molar-refractivity contribution in [1.29, 1.82) is 0 Å². The number of rotatable bonds is 6. The van der Waals surface area contributed by atoms with Gasteiger partial charge in [0.05, 0.1) is 12.1 Å². The molecule has 0 fully saturated rings. The zero-order chi connectivity index (χ0) is 8.69. The van der Waals surface area contributed by atoms with Crippen LogP contribution < -0.4 is 34.7 Å². The topological polar surface area (TPSA) is 60.4 Å². The summed E-state index contributed by atoms with van der Waals surface area (Å²) in [5.74, 6) is -1.36. The summed E-state index contributed by atoms with van der Waals surface area (Å²) in [6, 6.07) is 0. The Kier molecular flexibility index (Phi) is 11.8. The van der Waals surface area contributed by atoms with Crippen LogP contribution in [0.15, 0.2) is 0 Å². The Morgan fingerprint density at radius 1 is 1.42 bits per heavy atom. The smallest absolute Gasteiger partial charge is 0.547 e. The van der Waals surface area contributed by atoms with Crippen molar-refractivity contribution < 1.29 is 44.6 Å². The molecule has 1 N–H and O–H groups in total. The van der Waals surface area contributed by atoms with E-state index in [1.165, 1.54) is 0 Å². The van der Waals surface area contributed by atoms with Gasteiger partial charge in [-0.2, -0.15) is 0 Å². The van der Waals surface area contributed by atoms with Crippen LogP contribution in [0.1, 0.15) is 39.0 Å². The van der Waals surface area contributed by atoms with Crippen LogP contribution in [0.4, 0.5) is 0 Å². The summed E-state index contributed by atoms with van der Waals surface area (Å²) >= 11 is 0. The van der Waals surface area contributed by atoms with Crippen LogP contribution in [-0.2, 0) is 4.79 Å². The molecule has 0 aromatic heterocycles. The number of hydrogen-bond acceptors (Lipinski definition) is 3. The Morgan fingerprint density at radius 2 is 2.00 bits per heavy atom. The Balaban J connectivity index is 0. The number of carboxylic acid groups (broad SMARTS) is 1. The van der Waals surface area contributed by atoms with Crippen LogP contribution in [0.3, 0.4) is 0 Å². The first-order chi connectivity index (χ1) is 5.18. The number of unbranched alkanes of at least 4 members (excludes halogenated alkanes) is 3. The van der Waals surface area contributed by atoms with E-state index in [9.17, 15) is 9.90 Å². The molecular formula is C8H15NaO3. The molecule has 0 spiro atoms. The first-order valence-corrected chi connectivity index (χ1v) is 4.07. The maximum Gasteiger partial charge on any atom is 1.00 e. The molecular weight excluding hydrogens is 167 g/mol. The van der Waals surface area contributed by atoms with Gasteiger partial charge >= 0.3 is 29.6 Å². The normalized spacial score (nSPS) is 11.8. The van der Waals surface area contributed by atoms with Crippen LogP contribution >= 0.6 is 0 Å². The van der Waals surface area contributed by atoms with Crippen molar-refractivity contribution in [3.05, 3.63) is 0 Å². The van der Waals surface area contributed by atoms with Gasteiger partial charge in [-0.25, -0.2) is 0 Å². The number of carbonyl (C=O) groups is 1. The van der Waals surface area contributed by atoms with E-state index in [0.717, 1.165) is 25.7 Å². The zero-order valence-electron chi connectivity index (χ0n) is 7.88. The third kappa shape index (κ3) is 8.53. The standard InChI is InChI=1S/C8H16O3.Na/c1-2-3-4-5-6-7(9)8(10)11;/h7,9H,2-6H2,1H3,(H,10,11);/q;+1/p-1/t7-;/m1./s1. The molecule has 3 nitrogen and oxygen atoms in total. The van der Waals surface area contributed by atoms with Crippen molar-refractivity contribution in [3.63, 3.8) is 0 Å². The molecule has 66 valence electrons. The van der Waals surface area contributed by atoms with E-state index >= 15 is 0 Å². The molecule has 0 heterocycles. The molecule has 0 saturated heterocycles.